The van der Waals surface area contributed by atoms with Crippen molar-refractivity contribution >= 4 is 35.8 Å². The minimum atomic E-state index is -1.86. The molecule has 8 rings (SSSR count). The first-order chi connectivity index (χ1) is 23.3. The van der Waals surface area contributed by atoms with E-state index in [2.05, 4.69) is 35.8 Å². The zero-order chi connectivity index (χ0) is 34.8. The summed E-state index contributed by atoms with van der Waals surface area (Å²) in [6.07, 6.45) is 5.02. The van der Waals surface area contributed by atoms with E-state index in [1.54, 1.807) is 4.90 Å². The average Bonchev–Trinajstić information content (AvgIpc) is 3.71. The molecule has 0 unspecified atom stereocenters. The van der Waals surface area contributed by atoms with Crippen LogP contribution >= 0.6 is 0 Å². The fourth-order valence-electron chi connectivity index (χ4n) is 7.99. The molecule has 258 valence electrons. The molecule has 0 radical (unpaired) electrons. The number of fused-ring (bicyclic) bond motifs is 1. The number of benzene rings is 2. The van der Waals surface area contributed by atoms with E-state index in [9.17, 15) is 31.9 Å². The highest BCUT2D eigenvalue weighted by Crippen LogP contribution is 2.65. The van der Waals surface area contributed by atoms with Gasteiger partial charge in [-0.3, -0.25) is 14.6 Å². The number of carbonyl (C=O) groups is 3. The first-order valence-corrected chi connectivity index (χ1v) is 16.2. The lowest BCUT2D eigenvalue weighted by Gasteiger charge is -2.63. The maximum atomic E-state index is 13.8. The van der Waals surface area contributed by atoms with Gasteiger partial charge in [-0.1, -0.05) is 13.8 Å². The summed E-state index contributed by atoms with van der Waals surface area (Å²) in [5, 5.41) is 3.13. The van der Waals surface area contributed by atoms with Gasteiger partial charge in [0.1, 0.15) is 5.75 Å². The van der Waals surface area contributed by atoms with Crippen LogP contribution in [-0.2, 0) is 18.9 Å². The van der Waals surface area contributed by atoms with E-state index in [4.69, 9.17) is 14.0 Å². The third kappa shape index (κ3) is 5.80. The monoisotopic (exact) mass is 683 g/mol. The van der Waals surface area contributed by atoms with Gasteiger partial charge >= 0.3 is 13.1 Å². The van der Waals surface area contributed by atoms with Crippen molar-refractivity contribution in [3.8, 4) is 11.5 Å². The van der Waals surface area contributed by atoms with E-state index in [1.165, 1.54) is 30.5 Å². The molecule has 2 bridgehead atoms. The molecule has 3 aromatic rings. The number of carbonyl (C=O) groups excluding carboxylic acids is 3. The van der Waals surface area contributed by atoms with Crippen molar-refractivity contribution in [1.82, 2.24) is 15.2 Å². The molecule has 5 fully saturated rings. The Morgan fingerprint density at radius 2 is 1.84 bits per heavy atom. The molecule has 5 atom stereocenters. The van der Waals surface area contributed by atoms with E-state index in [0.717, 1.165) is 25.7 Å². The Hall–Kier alpha value is -4.24. The summed E-state index contributed by atoms with van der Waals surface area (Å²) in [4.78, 5) is 44.7. The van der Waals surface area contributed by atoms with Gasteiger partial charge in [-0.05, 0) is 68.1 Å². The molecule has 49 heavy (non-hydrogen) atoms. The summed E-state index contributed by atoms with van der Waals surface area (Å²) in [6.45, 7) is 6.16. The molecular formula is C34H34BF4N3O7. The second-order valence-corrected chi connectivity index (χ2v) is 14.0. The number of nitrogens with zero attached hydrogens (tertiary/aromatic N) is 2. The number of nitrogens with one attached hydrogen (secondary N) is 1. The fraction of sp³-hybridized carbons (Fsp3) is 0.471. The van der Waals surface area contributed by atoms with E-state index in [0.29, 0.717) is 29.3 Å². The van der Waals surface area contributed by atoms with E-state index >= 15 is 0 Å². The molecule has 0 spiro atoms. The lowest BCUT2D eigenvalue weighted by atomic mass is 9.45. The van der Waals surface area contributed by atoms with Crippen molar-refractivity contribution < 1.29 is 50.7 Å². The molecule has 15 heteroatoms. The van der Waals surface area contributed by atoms with Gasteiger partial charge in [0.2, 0.25) is 23.3 Å². The van der Waals surface area contributed by atoms with Crippen LogP contribution in [0.15, 0.2) is 36.5 Å². The molecule has 1 aromatic heterocycles. The fourth-order valence-corrected chi connectivity index (χ4v) is 7.99. The van der Waals surface area contributed by atoms with Gasteiger partial charge in [0.15, 0.2) is 18.2 Å². The third-order valence-corrected chi connectivity index (χ3v) is 10.8. The topological polar surface area (TPSA) is 116 Å². The van der Waals surface area contributed by atoms with Crippen molar-refractivity contribution in [1.29, 1.82) is 0 Å². The predicted octanol–water partition coefficient (Wildman–Crippen LogP) is 4.76. The van der Waals surface area contributed by atoms with E-state index in [1.807, 2.05) is 0 Å². The number of esters is 1. The van der Waals surface area contributed by atoms with Crippen molar-refractivity contribution in [2.75, 3.05) is 19.7 Å². The minimum Gasteiger partial charge on any atom is -0.482 e. The van der Waals surface area contributed by atoms with Gasteiger partial charge in [0, 0.05) is 30.3 Å². The molecule has 2 aromatic carbocycles. The highest BCUT2D eigenvalue weighted by atomic mass is 19.2. The largest absolute Gasteiger partial charge is 0.482 e. The smallest absolute Gasteiger partial charge is 0.481 e. The van der Waals surface area contributed by atoms with Crippen LogP contribution < -0.4 is 14.8 Å². The quantitative estimate of drug-likeness (QED) is 0.119. The average molecular weight is 683 g/mol. The van der Waals surface area contributed by atoms with Gasteiger partial charge in [-0.15, -0.1) is 0 Å². The first kappa shape index (κ1) is 33.3. The minimum absolute atomic E-state index is 0.00483. The number of ether oxygens (including phenoxy) is 2. The van der Waals surface area contributed by atoms with Gasteiger partial charge in [-0.25, -0.2) is 13.6 Å². The number of amides is 2. The Kier molecular flexibility index (Phi) is 8.33. The number of likely N-dealkylation sites (tertiary alicyclic amines) is 1. The normalized spacial score (nSPS) is 26.7. The molecule has 3 saturated carbocycles. The summed E-state index contributed by atoms with van der Waals surface area (Å²) in [6, 6.07) is 5.83. The Labute approximate surface area is 279 Å². The Bertz CT molecular complexity index is 1840. The molecule has 10 nitrogen and oxygen atoms in total. The van der Waals surface area contributed by atoms with E-state index < -0.39 is 54.6 Å². The highest BCUT2D eigenvalue weighted by Gasteiger charge is 2.67. The third-order valence-electron chi connectivity index (χ3n) is 10.8. The maximum Gasteiger partial charge on any atom is 0.481 e. The van der Waals surface area contributed by atoms with Gasteiger partial charge < -0.3 is 29.0 Å². The number of halogens is 4. The van der Waals surface area contributed by atoms with Gasteiger partial charge in [0.25, 0.3) is 5.91 Å². The van der Waals surface area contributed by atoms with Gasteiger partial charge in [-0.2, -0.15) is 8.78 Å². The van der Waals surface area contributed by atoms with Gasteiger partial charge in [0.05, 0.1) is 35.3 Å². The Morgan fingerprint density at radius 3 is 2.57 bits per heavy atom. The number of pyridine rings is 1. The Morgan fingerprint density at radius 1 is 1.08 bits per heavy atom. The highest BCUT2D eigenvalue weighted by molar-refractivity contribution is 6.48. The number of aromatic nitrogens is 1. The molecule has 5 aliphatic rings. The van der Waals surface area contributed by atoms with Crippen LogP contribution in [0.4, 0.5) is 17.6 Å². The molecule has 3 heterocycles. The second kappa shape index (κ2) is 12.3. The summed E-state index contributed by atoms with van der Waals surface area (Å²) in [5.74, 6) is -9.90. The van der Waals surface area contributed by atoms with Crippen molar-refractivity contribution in [2.45, 2.75) is 64.1 Å². The van der Waals surface area contributed by atoms with Crippen LogP contribution in [0.2, 0.25) is 0 Å². The van der Waals surface area contributed by atoms with Crippen LogP contribution in [0, 0.1) is 40.5 Å². The SMILES string of the molecule is CC1(C)[C@@H]2C[C@H]1[C@H]1OB([C@@H]3CCCN3C(=O)CNC(=O)c3ccnc4cc(OCC(=O)Oc5c(F)c(F)cc(F)c5F)ccc34)O[C@@]1(C)C2. The number of rotatable bonds is 8. The zero-order valence-corrected chi connectivity index (χ0v) is 27.1. The van der Waals surface area contributed by atoms with Crippen molar-refractivity contribution in [2.24, 2.45) is 17.3 Å². The van der Waals surface area contributed by atoms with Crippen LogP contribution in [0.1, 0.15) is 56.8 Å². The van der Waals surface area contributed by atoms with Crippen molar-refractivity contribution in [3.05, 3.63) is 65.4 Å². The number of hydrogen-bond acceptors (Lipinski definition) is 8. The molecule has 1 N–H and O–H groups in total. The molecule has 3 aliphatic carbocycles. The molecule has 2 amide bonds. The van der Waals surface area contributed by atoms with E-state index in [-0.39, 0.29) is 52.9 Å². The molecule has 2 saturated heterocycles. The van der Waals surface area contributed by atoms with Crippen LogP contribution in [0.5, 0.6) is 11.5 Å². The summed E-state index contributed by atoms with van der Waals surface area (Å²) < 4.78 is 77.3. The summed E-state index contributed by atoms with van der Waals surface area (Å²) in [7, 11) is -0.513. The molecule has 2 aliphatic heterocycles. The lowest BCUT2D eigenvalue weighted by molar-refractivity contribution is -0.185. The van der Waals surface area contributed by atoms with Crippen molar-refractivity contribution in [3.63, 3.8) is 0 Å². The van der Waals surface area contributed by atoms with Crippen LogP contribution in [0.3, 0.4) is 0 Å². The Balaban J connectivity index is 0.956. The zero-order valence-electron chi connectivity index (χ0n) is 27.1. The molecular weight excluding hydrogens is 649 g/mol. The van der Waals surface area contributed by atoms with Crippen LogP contribution in [-0.4, -0.2) is 72.1 Å². The standard InChI is InChI=1S/C34H34BF4N3O7/c1-33(2)17-11-21(33)31-34(3,14-17)49-35(48-31)25-5-4-10-42(25)26(43)15-41-32(45)20-8-9-40-24-12-18(6-7-19(20)24)46-16-27(44)47-30-28(38)22(36)13-23(37)29(30)39/h6-9,12-13,17,21,25,31H,4-5,10-11,14-16H2,1-3H3,(H,41,45)/t17-,21+,25+,31-,34+/m1/s1. The summed E-state index contributed by atoms with van der Waals surface area (Å²) >= 11 is 0. The predicted molar refractivity (Wildman–Crippen MR) is 166 cm³/mol. The summed E-state index contributed by atoms with van der Waals surface area (Å²) in [5.41, 5.74) is 0.399. The maximum absolute atomic E-state index is 13.8. The first-order valence-electron chi connectivity index (χ1n) is 16.2. The second-order valence-electron chi connectivity index (χ2n) is 14.0. The van der Waals surface area contributed by atoms with Crippen LogP contribution in [0.25, 0.3) is 10.9 Å². The number of hydrogen-bond donors (Lipinski definition) is 1. The lowest BCUT2D eigenvalue weighted by Crippen LogP contribution is -2.63.